The average molecular weight is 295 g/mol. The third-order valence-electron chi connectivity index (χ3n) is 2.97. The van der Waals surface area contributed by atoms with E-state index in [1.165, 1.54) is 0 Å². The van der Waals surface area contributed by atoms with E-state index in [1.807, 2.05) is 50.1 Å². The van der Waals surface area contributed by atoms with Crippen molar-refractivity contribution in [3.63, 3.8) is 0 Å². The van der Waals surface area contributed by atoms with Crippen LogP contribution in [0.3, 0.4) is 0 Å². The Morgan fingerprint density at radius 2 is 2.00 bits per heavy atom. The molecule has 0 radical (unpaired) electrons. The van der Waals surface area contributed by atoms with E-state index in [1.54, 1.807) is 0 Å². The maximum Gasteiger partial charge on any atom is 0.318 e. The predicted molar refractivity (Wildman–Crippen MR) is 79.9 cm³/mol. The van der Waals surface area contributed by atoms with E-state index < -0.39 is 0 Å². The van der Waals surface area contributed by atoms with Crippen LogP contribution in [0.15, 0.2) is 28.7 Å². The normalized spacial score (nSPS) is 12.4. The van der Waals surface area contributed by atoms with Crippen LogP contribution in [0.5, 0.6) is 0 Å². The lowest BCUT2D eigenvalue weighted by atomic mass is 10.2. The van der Waals surface area contributed by atoms with Crippen LogP contribution in [0.1, 0.15) is 31.3 Å². The summed E-state index contributed by atoms with van der Waals surface area (Å²) in [6.07, 6.45) is 0. The number of hydrogen-bond acceptors (Lipinski definition) is 5. The Kier molecular flexibility index (Phi) is 4.98. The fourth-order valence-electron chi connectivity index (χ4n) is 1.88. The summed E-state index contributed by atoms with van der Waals surface area (Å²) in [6.45, 7) is 5.59. The van der Waals surface area contributed by atoms with Crippen LogP contribution >= 0.6 is 11.6 Å². The summed E-state index contributed by atoms with van der Waals surface area (Å²) >= 11 is 5.87. The first-order valence-electron chi connectivity index (χ1n) is 6.62. The van der Waals surface area contributed by atoms with Crippen molar-refractivity contribution in [1.29, 1.82) is 0 Å². The standard InChI is InChI=1S/C14H19ClN4O/c1-4-16-10(2)13-17-18-14(20-13)19(3)9-11-5-7-12(15)8-6-11/h5-8,10,16H,4,9H2,1-3H3. The first kappa shape index (κ1) is 14.8. The van der Waals surface area contributed by atoms with Gasteiger partial charge in [-0.05, 0) is 31.2 Å². The molecule has 2 rings (SSSR count). The number of halogens is 1. The second kappa shape index (κ2) is 6.72. The third-order valence-corrected chi connectivity index (χ3v) is 3.22. The number of aromatic nitrogens is 2. The van der Waals surface area contributed by atoms with E-state index in [4.69, 9.17) is 16.0 Å². The Labute approximate surface area is 123 Å². The van der Waals surface area contributed by atoms with Gasteiger partial charge in [-0.2, -0.15) is 0 Å². The van der Waals surface area contributed by atoms with Gasteiger partial charge >= 0.3 is 6.01 Å². The highest BCUT2D eigenvalue weighted by Crippen LogP contribution is 2.18. The Morgan fingerprint density at radius 3 is 2.65 bits per heavy atom. The van der Waals surface area contributed by atoms with Gasteiger partial charge in [0.2, 0.25) is 5.89 Å². The molecule has 1 N–H and O–H groups in total. The SMILES string of the molecule is CCNC(C)c1nnc(N(C)Cc2ccc(Cl)cc2)o1. The summed E-state index contributed by atoms with van der Waals surface area (Å²) in [5, 5.41) is 12.1. The first-order valence-corrected chi connectivity index (χ1v) is 7.00. The zero-order chi connectivity index (χ0) is 14.5. The molecule has 0 amide bonds. The van der Waals surface area contributed by atoms with Crippen LogP contribution in [0.4, 0.5) is 6.01 Å². The van der Waals surface area contributed by atoms with Crippen LogP contribution in [0, 0.1) is 0 Å². The zero-order valence-corrected chi connectivity index (χ0v) is 12.7. The van der Waals surface area contributed by atoms with Gasteiger partial charge in [0.25, 0.3) is 0 Å². The molecule has 0 aliphatic heterocycles. The topological polar surface area (TPSA) is 54.2 Å². The first-order chi connectivity index (χ1) is 9.60. The van der Waals surface area contributed by atoms with Crippen LogP contribution in [-0.4, -0.2) is 23.8 Å². The molecule has 0 saturated heterocycles. The van der Waals surface area contributed by atoms with E-state index in [9.17, 15) is 0 Å². The van der Waals surface area contributed by atoms with Crippen molar-refractivity contribution >= 4 is 17.6 Å². The molecule has 1 unspecified atom stereocenters. The van der Waals surface area contributed by atoms with E-state index >= 15 is 0 Å². The second-order valence-electron chi connectivity index (χ2n) is 4.68. The molecule has 108 valence electrons. The van der Waals surface area contributed by atoms with Crippen molar-refractivity contribution in [2.75, 3.05) is 18.5 Å². The van der Waals surface area contributed by atoms with Crippen LogP contribution in [-0.2, 0) is 6.54 Å². The summed E-state index contributed by atoms with van der Waals surface area (Å²) < 4.78 is 5.67. The molecule has 0 saturated carbocycles. The molecule has 2 aromatic rings. The molecule has 20 heavy (non-hydrogen) atoms. The molecule has 0 fully saturated rings. The molecule has 1 heterocycles. The molecule has 0 spiro atoms. The van der Waals surface area contributed by atoms with Crippen molar-refractivity contribution in [2.45, 2.75) is 26.4 Å². The molecule has 0 aliphatic rings. The molecule has 5 nitrogen and oxygen atoms in total. The molecule has 0 aliphatic carbocycles. The number of nitrogens with one attached hydrogen (secondary N) is 1. The summed E-state index contributed by atoms with van der Waals surface area (Å²) in [6, 6.07) is 8.29. The van der Waals surface area contributed by atoms with E-state index in [2.05, 4.69) is 15.5 Å². The van der Waals surface area contributed by atoms with Crippen molar-refractivity contribution in [2.24, 2.45) is 0 Å². The molecular weight excluding hydrogens is 276 g/mol. The van der Waals surface area contributed by atoms with Crippen LogP contribution in [0.2, 0.25) is 5.02 Å². The van der Waals surface area contributed by atoms with Crippen molar-refractivity contribution < 1.29 is 4.42 Å². The van der Waals surface area contributed by atoms with Crippen LogP contribution < -0.4 is 10.2 Å². The predicted octanol–water partition coefficient (Wildman–Crippen LogP) is 3.03. The van der Waals surface area contributed by atoms with Gasteiger partial charge in [0.1, 0.15) is 0 Å². The zero-order valence-electron chi connectivity index (χ0n) is 11.9. The average Bonchev–Trinajstić information content (AvgIpc) is 2.91. The van der Waals surface area contributed by atoms with Gasteiger partial charge < -0.3 is 14.6 Å². The fourth-order valence-corrected chi connectivity index (χ4v) is 2.01. The lowest BCUT2D eigenvalue weighted by Gasteiger charge is -2.14. The van der Waals surface area contributed by atoms with Gasteiger partial charge in [-0.3, -0.25) is 0 Å². The Balaban J connectivity index is 2.02. The van der Waals surface area contributed by atoms with Gasteiger partial charge in [-0.25, -0.2) is 0 Å². The Bertz CT molecular complexity index is 540. The lowest BCUT2D eigenvalue weighted by molar-refractivity contribution is 0.421. The molecular formula is C14H19ClN4O. The number of nitrogens with zero attached hydrogens (tertiary/aromatic N) is 3. The Morgan fingerprint density at radius 1 is 1.30 bits per heavy atom. The van der Waals surface area contributed by atoms with Crippen molar-refractivity contribution in [3.8, 4) is 0 Å². The number of anilines is 1. The highest BCUT2D eigenvalue weighted by molar-refractivity contribution is 6.30. The number of benzene rings is 1. The minimum Gasteiger partial charge on any atom is -0.406 e. The maximum atomic E-state index is 5.87. The quantitative estimate of drug-likeness (QED) is 0.887. The largest absolute Gasteiger partial charge is 0.406 e. The van der Waals surface area contributed by atoms with E-state index in [0.717, 1.165) is 17.1 Å². The lowest BCUT2D eigenvalue weighted by Crippen LogP contribution is -2.18. The molecule has 6 heteroatoms. The van der Waals surface area contributed by atoms with Gasteiger partial charge in [-0.15, -0.1) is 5.10 Å². The molecule has 1 atom stereocenters. The van der Waals surface area contributed by atoms with Crippen molar-refractivity contribution in [1.82, 2.24) is 15.5 Å². The summed E-state index contributed by atoms with van der Waals surface area (Å²) in [7, 11) is 1.92. The smallest absolute Gasteiger partial charge is 0.318 e. The monoisotopic (exact) mass is 294 g/mol. The van der Waals surface area contributed by atoms with Gasteiger partial charge in [-0.1, -0.05) is 35.8 Å². The van der Waals surface area contributed by atoms with Crippen molar-refractivity contribution in [3.05, 3.63) is 40.7 Å². The minimum atomic E-state index is 0.0604. The summed E-state index contributed by atoms with van der Waals surface area (Å²) in [5.41, 5.74) is 1.14. The molecule has 1 aromatic carbocycles. The number of rotatable bonds is 6. The number of hydrogen-bond donors (Lipinski definition) is 1. The summed E-state index contributed by atoms with van der Waals surface area (Å²) in [5.74, 6) is 0.602. The van der Waals surface area contributed by atoms with E-state index in [0.29, 0.717) is 18.5 Å². The van der Waals surface area contributed by atoms with Gasteiger partial charge in [0.05, 0.1) is 6.04 Å². The Hall–Kier alpha value is -1.59. The highest BCUT2D eigenvalue weighted by atomic mass is 35.5. The third kappa shape index (κ3) is 3.71. The van der Waals surface area contributed by atoms with Gasteiger partial charge in [0.15, 0.2) is 0 Å². The summed E-state index contributed by atoms with van der Waals surface area (Å²) in [4.78, 5) is 1.92. The highest BCUT2D eigenvalue weighted by Gasteiger charge is 2.15. The maximum absolute atomic E-state index is 5.87. The van der Waals surface area contributed by atoms with E-state index in [-0.39, 0.29) is 6.04 Å². The molecule has 1 aromatic heterocycles. The fraction of sp³-hybridized carbons (Fsp3) is 0.429. The molecule has 0 bridgehead atoms. The van der Waals surface area contributed by atoms with Crippen LogP contribution in [0.25, 0.3) is 0 Å². The minimum absolute atomic E-state index is 0.0604. The van der Waals surface area contributed by atoms with Gasteiger partial charge in [0, 0.05) is 18.6 Å². The second-order valence-corrected chi connectivity index (χ2v) is 5.12.